The van der Waals surface area contributed by atoms with Crippen LogP contribution in [0.3, 0.4) is 0 Å². The topological polar surface area (TPSA) is 71.1 Å². The van der Waals surface area contributed by atoms with Gasteiger partial charge in [-0.25, -0.2) is 0 Å². The van der Waals surface area contributed by atoms with Gasteiger partial charge in [0.2, 0.25) is 11.8 Å². The molecule has 1 heterocycles. The molecule has 5 heteroatoms. The summed E-state index contributed by atoms with van der Waals surface area (Å²) in [7, 11) is 0. The molecule has 1 aromatic rings. The minimum atomic E-state index is -0.0699. The van der Waals surface area contributed by atoms with E-state index in [0.29, 0.717) is 19.4 Å². The van der Waals surface area contributed by atoms with Gasteiger partial charge in [-0.2, -0.15) is 0 Å². The van der Waals surface area contributed by atoms with Gasteiger partial charge in [0.25, 0.3) is 0 Å². The molecule has 0 saturated carbocycles. The van der Waals surface area contributed by atoms with Crippen molar-refractivity contribution >= 4 is 11.8 Å². The Labute approximate surface area is 113 Å². The molecule has 1 unspecified atom stereocenters. The Balaban J connectivity index is 2.31. The van der Waals surface area contributed by atoms with Crippen LogP contribution in [0.1, 0.15) is 44.0 Å². The van der Waals surface area contributed by atoms with E-state index in [1.807, 2.05) is 26.0 Å². The summed E-state index contributed by atoms with van der Waals surface area (Å²) in [5, 5.41) is 5.58. The second-order valence-corrected chi connectivity index (χ2v) is 4.61. The van der Waals surface area contributed by atoms with Crippen molar-refractivity contribution in [2.45, 2.75) is 39.7 Å². The first-order valence-electron chi connectivity index (χ1n) is 6.45. The lowest BCUT2D eigenvalue weighted by molar-refractivity contribution is -0.122. The van der Waals surface area contributed by atoms with Crippen molar-refractivity contribution in [3.63, 3.8) is 0 Å². The van der Waals surface area contributed by atoms with Gasteiger partial charge in [-0.05, 0) is 31.9 Å². The summed E-state index contributed by atoms with van der Waals surface area (Å²) in [6.45, 7) is 5.85. The minimum absolute atomic E-state index is 0.0153. The number of pyridine rings is 1. The third-order valence-electron chi connectivity index (χ3n) is 2.77. The molecule has 104 valence electrons. The number of nitrogens with one attached hydrogen (secondary N) is 2. The zero-order valence-electron chi connectivity index (χ0n) is 11.7. The number of rotatable bonds is 6. The van der Waals surface area contributed by atoms with Gasteiger partial charge in [0.05, 0.1) is 6.04 Å². The zero-order chi connectivity index (χ0) is 14.3. The normalized spacial score (nSPS) is 11.7. The van der Waals surface area contributed by atoms with Gasteiger partial charge in [0.1, 0.15) is 0 Å². The van der Waals surface area contributed by atoms with Gasteiger partial charge in [0, 0.05) is 31.8 Å². The van der Waals surface area contributed by atoms with Crippen LogP contribution in [0, 0.1) is 6.92 Å². The molecule has 1 atom stereocenters. The first-order valence-corrected chi connectivity index (χ1v) is 6.45. The quantitative estimate of drug-likeness (QED) is 0.764. The molecule has 1 rings (SSSR count). The Morgan fingerprint density at radius 1 is 1.37 bits per heavy atom. The number of carbonyl (C=O) groups is 2. The molecule has 0 aliphatic rings. The second kappa shape index (κ2) is 7.51. The Morgan fingerprint density at radius 3 is 2.68 bits per heavy atom. The summed E-state index contributed by atoms with van der Waals surface area (Å²) in [6.07, 6.45) is 2.83. The molecule has 1 aromatic heterocycles. The van der Waals surface area contributed by atoms with Gasteiger partial charge in [-0.3, -0.25) is 14.6 Å². The number of hydrogen-bond donors (Lipinski definition) is 2. The van der Waals surface area contributed by atoms with E-state index in [1.54, 1.807) is 6.20 Å². The number of aryl methyl sites for hydroxylation is 1. The first kappa shape index (κ1) is 15.1. The molecule has 0 saturated heterocycles. The monoisotopic (exact) mass is 263 g/mol. The molecule has 0 aromatic carbocycles. The van der Waals surface area contributed by atoms with Crippen molar-refractivity contribution in [2.24, 2.45) is 0 Å². The zero-order valence-corrected chi connectivity index (χ0v) is 11.7. The summed E-state index contributed by atoms with van der Waals surface area (Å²) in [4.78, 5) is 26.6. The fourth-order valence-corrected chi connectivity index (χ4v) is 1.65. The van der Waals surface area contributed by atoms with Crippen molar-refractivity contribution in [3.05, 3.63) is 29.6 Å². The van der Waals surface area contributed by atoms with Crippen molar-refractivity contribution in [3.8, 4) is 0 Å². The molecule has 0 bridgehead atoms. The van der Waals surface area contributed by atoms with Gasteiger partial charge >= 0.3 is 0 Å². The van der Waals surface area contributed by atoms with Crippen molar-refractivity contribution in [1.82, 2.24) is 15.6 Å². The lowest BCUT2D eigenvalue weighted by Crippen LogP contribution is -2.28. The largest absolute Gasteiger partial charge is 0.356 e. The number of hydrogen-bond acceptors (Lipinski definition) is 3. The van der Waals surface area contributed by atoms with E-state index in [-0.39, 0.29) is 17.9 Å². The number of nitrogens with zero attached hydrogens (tertiary/aromatic N) is 1. The maximum absolute atomic E-state index is 11.7. The predicted molar refractivity (Wildman–Crippen MR) is 73.4 cm³/mol. The third kappa shape index (κ3) is 5.99. The highest BCUT2D eigenvalue weighted by Crippen LogP contribution is 2.11. The molecule has 0 spiro atoms. The molecule has 2 N–H and O–H groups in total. The smallest absolute Gasteiger partial charge is 0.220 e. The van der Waals surface area contributed by atoms with Gasteiger partial charge in [-0.1, -0.05) is 6.07 Å². The Kier molecular flexibility index (Phi) is 5.99. The Hall–Kier alpha value is -1.91. The van der Waals surface area contributed by atoms with Crippen LogP contribution in [-0.2, 0) is 9.59 Å². The summed E-state index contributed by atoms with van der Waals surface area (Å²) in [6, 6.07) is 3.83. The lowest BCUT2D eigenvalue weighted by atomic mass is 10.1. The van der Waals surface area contributed by atoms with Crippen LogP contribution in [0.5, 0.6) is 0 Å². The van der Waals surface area contributed by atoms with Crippen LogP contribution in [0.4, 0.5) is 0 Å². The highest BCUT2D eigenvalue weighted by Gasteiger charge is 2.09. The van der Waals surface area contributed by atoms with Crippen molar-refractivity contribution in [2.75, 3.05) is 6.54 Å². The maximum atomic E-state index is 11.7. The fraction of sp³-hybridized carbons (Fsp3) is 0.500. The lowest BCUT2D eigenvalue weighted by Gasteiger charge is -2.14. The van der Waals surface area contributed by atoms with Crippen molar-refractivity contribution in [1.29, 1.82) is 0 Å². The van der Waals surface area contributed by atoms with E-state index in [4.69, 9.17) is 0 Å². The van der Waals surface area contributed by atoms with E-state index in [0.717, 1.165) is 11.3 Å². The molecule has 0 fully saturated rings. The van der Waals surface area contributed by atoms with E-state index >= 15 is 0 Å². The summed E-state index contributed by atoms with van der Waals surface area (Å²) >= 11 is 0. The average Bonchev–Trinajstić information content (AvgIpc) is 2.35. The van der Waals surface area contributed by atoms with Crippen LogP contribution in [0.15, 0.2) is 18.3 Å². The molecule has 0 aliphatic carbocycles. The Bertz CT molecular complexity index is 429. The Morgan fingerprint density at radius 2 is 2.11 bits per heavy atom. The molecule has 5 nitrogen and oxygen atoms in total. The van der Waals surface area contributed by atoms with E-state index in [2.05, 4.69) is 15.6 Å². The molecule has 0 aliphatic heterocycles. The molecule has 19 heavy (non-hydrogen) atoms. The van der Waals surface area contributed by atoms with Gasteiger partial charge in [-0.15, -0.1) is 0 Å². The van der Waals surface area contributed by atoms with E-state index < -0.39 is 0 Å². The average molecular weight is 263 g/mol. The number of carbonyl (C=O) groups excluding carboxylic acids is 2. The van der Waals surface area contributed by atoms with Crippen LogP contribution in [0.25, 0.3) is 0 Å². The summed E-state index contributed by atoms with van der Waals surface area (Å²) in [5.74, 6) is -0.0852. The molecular formula is C14H21N3O2. The van der Waals surface area contributed by atoms with Gasteiger partial charge < -0.3 is 10.6 Å². The standard InChI is InChI=1S/C14H21N3O2/c1-10-6-7-13(9-16-10)11(2)17-14(19)5-4-8-15-12(3)18/h6-7,9,11H,4-5,8H2,1-3H3,(H,15,18)(H,17,19). The van der Waals surface area contributed by atoms with Crippen LogP contribution in [-0.4, -0.2) is 23.3 Å². The van der Waals surface area contributed by atoms with E-state index in [9.17, 15) is 9.59 Å². The SMILES string of the molecule is CC(=O)NCCCC(=O)NC(C)c1ccc(C)nc1. The maximum Gasteiger partial charge on any atom is 0.220 e. The summed E-state index contributed by atoms with van der Waals surface area (Å²) in [5.41, 5.74) is 1.94. The van der Waals surface area contributed by atoms with Crippen molar-refractivity contribution < 1.29 is 9.59 Å². The number of amides is 2. The highest BCUT2D eigenvalue weighted by atomic mass is 16.2. The fourth-order valence-electron chi connectivity index (χ4n) is 1.65. The van der Waals surface area contributed by atoms with Crippen LogP contribution < -0.4 is 10.6 Å². The third-order valence-corrected chi connectivity index (χ3v) is 2.77. The van der Waals surface area contributed by atoms with Crippen LogP contribution in [0.2, 0.25) is 0 Å². The molecular weight excluding hydrogens is 242 g/mol. The molecule has 2 amide bonds. The van der Waals surface area contributed by atoms with Crippen LogP contribution >= 0.6 is 0 Å². The van der Waals surface area contributed by atoms with E-state index in [1.165, 1.54) is 6.92 Å². The molecule has 0 radical (unpaired) electrons. The summed E-state index contributed by atoms with van der Waals surface area (Å²) < 4.78 is 0. The highest BCUT2D eigenvalue weighted by molar-refractivity contribution is 5.76. The number of aromatic nitrogens is 1. The first-order chi connectivity index (χ1) is 8.99. The predicted octanol–water partition coefficient (Wildman–Crippen LogP) is 1.48. The van der Waals surface area contributed by atoms with Gasteiger partial charge in [0.15, 0.2) is 0 Å². The minimum Gasteiger partial charge on any atom is -0.356 e. The second-order valence-electron chi connectivity index (χ2n) is 4.61.